The number of hydrogen-bond donors (Lipinski definition) is 2. The highest BCUT2D eigenvalue weighted by Gasteiger charge is 2.32. The number of halogens is 1. The van der Waals surface area contributed by atoms with Crippen molar-refractivity contribution in [3.8, 4) is 0 Å². The Balaban J connectivity index is 2.18. The highest BCUT2D eigenvalue weighted by atomic mass is 35.5. The van der Waals surface area contributed by atoms with Gasteiger partial charge in [-0.05, 0) is 25.0 Å². The molecule has 0 atom stereocenters. The quantitative estimate of drug-likeness (QED) is 0.882. The lowest BCUT2D eigenvalue weighted by molar-refractivity contribution is 0.0559. The average molecular weight is 269 g/mol. The molecule has 1 aliphatic rings. The summed E-state index contributed by atoms with van der Waals surface area (Å²) >= 11 is 6.16. The molecule has 0 amide bonds. The van der Waals surface area contributed by atoms with Crippen molar-refractivity contribution in [3.63, 3.8) is 0 Å². The van der Waals surface area contributed by atoms with Crippen molar-refractivity contribution in [1.82, 2.24) is 0 Å². The molecule has 1 aromatic carbocycles. The summed E-state index contributed by atoms with van der Waals surface area (Å²) in [5.41, 5.74) is 7.17. The van der Waals surface area contributed by atoms with Gasteiger partial charge in [0.2, 0.25) is 0 Å². The van der Waals surface area contributed by atoms with Gasteiger partial charge in [-0.1, -0.05) is 30.5 Å². The van der Waals surface area contributed by atoms with Crippen molar-refractivity contribution >= 4 is 17.3 Å². The number of nitrogens with zero attached hydrogens (tertiary/aromatic N) is 1. The fourth-order valence-corrected chi connectivity index (χ4v) is 3.07. The molecule has 0 radical (unpaired) electrons. The molecule has 0 saturated heterocycles. The molecule has 1 aromatic rings. The van der Waals surface area contributed by atoms with E-state index in [-0.39, 0.29) is 0 Å². The lowest BCUT2D eigenvalue weighted by Gasteiger charge is -2.31. The van der Waals surface area contributed by atoms with Crippen LogP contribution in [0.5, 0.6) is 0 Å². The number of aliphatic hydroxyl groups is 1. The number of hydrogen-bond acceptors (Lipinski definition) is 3. The minimum Gasteiger partial charge on any atom is -0.388 e. The van der Waals surface area contributed by atoms with Gasteiger partial charge in [0.15, 0.2) is 0 Å². The van der Waals surface area contributed by atoms with Crippen molar-refractivity contribution in [2.24, 2.45) is 5.73 Å². The van der Waals surface area contributed by atoms with Gasteiger partial charge in [-0.3, -0.25) is 0 Å². The zero-order valence-corrected chi connectivity index (χ0v) is 11.6. The first-order chi connectivity index (χ1) is 8.56. The molecule has 100 valence electrons. The Bertz CT molecular complexity index is 416. The molecule has 3 nitrogen and oxygen atoms in total. The Labute approximate surface area is 114 Å². The van der Waals surface area contributed by atoms with Crippen LogP contribution in [0.15, 0.2) is 18.2 Å². The van der Waals surface area contributed by atoms with Crippen LogP contribution in [0.4, 0.5) is 5.69 Å². The summed E-state index contributed by atoms with van der Waals surface area (Å²) in [6.07, 6.45) is 4.00. The second-order valence-electron chi connectivity index (χ2n) is 5.23. The van der Waals surface area contributed by atoms with E-state index in [1.54, 1.807) is 0 Å². The van der Waals surface area contributed by atoms with Gasteiger partial charge in [-0.25, -0.2) is 0 Å². The molecule has 18 heavy (non-hydrogen) atoms. The predicted octanol–water partition coefficient (Wildman–Crippen LogP) is 2.54. The van der Waals surface area contributed by atoms with Crippen LogP contribution in [-0.2, 0) is 6.54 Å². The number of anilines is 1. The molecule has 1 aliphatic carbocycles. The van der Waals surface area contributed by atoms with Crippen LogP contribution in [0.25, 0.3) is 0 Å². The molecule has 1 saturated carbocycles. The van der Waals surface area contributed by atoms with Crippen LogP contribution in [0.2, 0.25) is 5.02 Å². The number of benzene rings is 1. The summed E-state index contributed by atoms with van der Waals surface area (Å²) in [5.74, 6) is 0. The summed E-state index contributed by atoms with van der Waals surface area (Å²) < 4.78 is 0. The predicted molar refractivity (Wildman–Crippen MR) is 76.0 cm³/mol. The average Bonchev–Trinajstić information content (AvgIpc) is 2.75. The molecule has 0 heterocycles. The smallest absolute Gasteiger partial charge is 0.0821 e. The largest absolute Gasteiger partial charge is 0.388 e. The van der Waals surface area contributed by atoms with E-state index in [1.807, 2.05) is 25.2 Å². The van der Waals surface area contributed by atoms with Crippen LogP contribution in [0.1, 0.15) is 31.2 Å². The van der Waals surface area contributed by atoms with E-state index < -0.39 is 5.60 Å². The van der Waals surface area contributed by atoms with E-state index in [2.05, 4.69) is 4.90 Å². The van der Waals surface area contributed by atoms with E-state index >= 15 is 0 Å². The van der Waals surface area contributed by atoms with Crippen molar-refractivity contribution in [3.05, 3.63) is 28.8 Å². The molecular weight excluding hydrogens is 248 g/mol. The maximum atomic E-state index is 10.4. The maximum absolute atomic E-state index is 10.4. The third-order valence-electron chi connectivity index (χ3n) is 3.78. The SMILES string of the molecule is CN(CC1(O)CCCC1)c1cccc(Cl)c1CN. The summed E-state index contributed by atoms with van der Waals surface area (Å²) in [4.78, 5) is 2.07. The highest BCUT2D eigenvalue weighted by molar-refractivity contribution is 6.31. The Morgan fingerprint density at radius 1 is 1.39 bits per heavy atom. The highest BCUT2D eigenvalue weighted by Crippen LogP contribution is 2.33. The van der Waals surface area contributed by atoms with Crippen molar-refractivity contribution in [2.45, 2.75) is 37.8 Å². The van der Waals surface area contributed by atoms with Crippen LogP contribution in [0.3, 0.4) is 0 Å². The van der Waals surface area contributed by atoms with Gasteiger partial charge in [0.05, 0.1) is 5.60 Å². The summed E-state index contributed by atoms with van der Waals surface area (Å²) in [7, 11) is 1.99. The summed E-state index contributed by atoms with van der Waals surface area (Å²) in [5, 5.41) is 11.1. The van der Waals surface area contributed by atoms with E-state index in [1.165, 1.54) is 0 Å². The Kier molecular flexibility index (Phi) is 4.15. The molecular formula is C14H21ClN2O. The van der Waals surface area contributed by atoms with Crippen molar-refractivity contribution in [1.29, 1.82) is 0 Å². The molecule has 1 fully saturated rings. The molecule has 0 aromatic heterocycles. The van der Waals surface area contributed by atoms with Gasteiger partial charge in [0, 0.05) is 36.4 Å². The second-order valence-corrected chi connectivity index (χ2v) is 5.64. The minimum absolute atomic E-state index is 0.414. The van der Waals surface area contributed by atoms with Gasteiger partial charge in [0.25, 0.3) is 0 Å². The van der Waals surface area contributed by atoms with E-state index in [0.29, 0.717) is 18.1 Å². The first-order valence-electron chi connectivity index (χ1n) is 6.47. The van der Waals surface area contributed by atoms with Crippen LogP contribution >= 0.6 is 11.6 Å². The zero-order chi connectivity index (χ0) is 13.2. The van der Waals surface area contributed by atoms with Gasteiger partial charge in [-0.2, -0.15) is 0 Å². The zero-order valence-electron chi connectivity index (χ0n) is 10.8. The molecule has 4 heteroatoms. The van der Waals surface area contributed by atoms with Crippen LogP contribution in [0, 0.1) is 0 Å². The molecule has 0 spiro atoms. The topological polar surface area (TPSA) is 49.5 Å². The molecule has 0 bridgehead atoms. The standard InChI is InChI=1S/C14H21ClN2O/c1-17(10-14(18)7-2-3-8-14)13-6-4-5-12(15)11(13)9-16/h4-6,18H,2-3,7-10,16H2,1H3. The molecule has 0 aliphatic heterocycles. The van der Waals surface area contributed by atoms with Crippen molar-refractivity contribution in [2.75, 3.05) is 18.5 Å². The fraction of sp³-hybridized carbons (Fsp3) is 0.571. The Morgan fingerprint density at radius 2 is 2.06 bits per heavy atom. The number of nitrogens with two attached hydrogens (primary N) is 1. The van der Waals surface area contributed by atoms with Crippen LogP contribution < -0.4 is 10.6 Å². The van der Waals surface area contributed by atoms with Crippen molar-refractivity contribution < 1.29 is 5.11 Å². The van der Waals surface area contributed by atoms with Gasteiger partial charge in [-0.15, -0.1) is 0 Å². The Morgan fingerprint density at radius 3 is 2.67 bits per heavy atom. The lowest BCUT2D eigenvalue weighted by Crippen LogP contribution is -2.39. The normalized spacial score (nSPS) is 18.0. The fourth-order valence-electron chi connectivity index (χ4n) is 2.82. The Hall–Kier alpha value is -0.770. The molecule has 3 N–H and O–H groups in total. The number of likely N-dealkylation sites (N-methyl/N-ethyl adjacent to an activating group) is 1. The van der Waals surface area contributed by atoms with Gasteiger partial charge < -0.3 is 15.7 Å². The van der Waals surface area contributed by atoms with E-state index in [4.69, 9.17) is 17.3 Å². The van der Waals surface area contributed by atoms with Gasteiger partial charge in [0.1, 0.15) is 0 Å². The third-order valence-corrected chi connectivity index (χ3v) is 4.13. The summed E-state index contributed by atoms with van der Waals surface area (Å²) in [6, 6.07) is 5.78. The molecule has 0 unspecified atom stereocenters. The lowest BCUT2D eigenvalue weighted by atomic mass is 10.0. The number of rotatable bonds is 4. The van der Waals surface area contributed by atoms with E-state index in [9.17, 15) is 5.11 Å². The molecule has 2 rings (SSSR count). The van der Waals surface area contributed by atoms with E-state index in [0.717, 1.165) is 36.9 Å². The maximum Gasteiger partial charge on any atom is 0.0821 e. The third kappa shape index (κ3) is 2.79. The van der Waals surface area contributed by atoms with Gasteiger partial charge >= 0.3 is 0 Å². The minimum atomic E-state index is -0.553. The first kappa shape index (κ1) is 13.7. The first-order valence-corrected chi connectivity index (χ1v) is 6.84. The monoisotopic (exact) mass is 268 g/mol. The summed E-state index contributed by atoms with van der Waals surface area (Å²) in [6.45, 7) is 1.05. The van der Waals surface area contributed by atoms with Crippen LogP contribution in [-0.4, -0.2) is 24.3 Å². The second kappa shape index (κ2) is 5.47.